The monoisotopic (exact) mass is 633 g/mol. The van der Waals surface area contributed by atoms with Gasteiger partial charge < -0.3 is 14.8 Å². The first kappa shape index (κ1) is 31.0. The fourth-order valence-electron chi connectivity index (χ4n) is 6.66. The molecule has 0 radical (unpaired) electrons. The van der Waals surface area contributed by atoms with Gasteiger partial charge in [-0.2, -0.15) is 26.3 Å². The Morgan fingerprint density at radius 3 is 2.38 bits per heavy atom. The summed E-state index contributed by atoms with van der Waals surface area (Å²) in [6, 6.07) is 13.6. The minimum Gasteiger partial charge on any atom is -0.473 e. The van der Waals surface area contributed by atoms with Gasteiger partial charge in [0, 0.05) is 30.2 Å². The van der Waals surface area contributed by atoms with Gasteiger partial charge in [0.15, 0.2) is 5.78 Å². The second-order valence-electron chi connectivity index (χ2n) is 12.2. The molecule has 1 aliphatic heterocycles. The van der Waals surface area contributed by atoms with E-state index in [1.807, 2.05) is 30.3 Å². The maximum Gasteiger partial charge on any atom is 0.418 e. The lowest BCUT2D eigenvalue weighted by Crippen LogP contribution is -2.70. The lowest BCUT2D eigenvalue weighted by Gasteiger charge is -2.69. The molecule has 2 atom stereocenters. The molecule has 2 bridgehead atoms. The number of carbonyl (C=O) groups is 2. The Hall–Kier alpha value is -4.00. The second-order valence-corrected chi connectivity index (χ2v) is 12.2. The normalized spacial score (nSPS) is 25.9. The minimum atomic E-state index is -4.86. The third-order valence-electron chi connectivity index (χ3n) is 9.13. The number of ketones is 1. The maximum absolute atomic E-state index is 13.7. The largest absolute Gasteiger partial charge is 0.473 e. The van der Waals surface area contributed by atoms with E-state index in [4.69, 9.17) is 9.47 Å². The number of rotatable bonds is 8. The summed E-state index contributed by atoms with van der Waals surface area (Å²) in [4.78, 5) is 35.1. The lowest BCUT2D eigenvalue weighted by molar-refractivity contribution is -0.346. The van der Waals surface area contributed by atoms with Gasteiger partial charge >= 0.3 is 12.4 Å². The Kier molecular flexibility index (Phi) is 7.65. The first-order valence-electron chi connectivity index (χ1n) is 14.5. The second kappa shape index (κ2) is 11.1. The highest BCUT2D eigenvalue weighted by molar-refractivity contribution is 6.08. The maximum atomic E-state index is 13.7. The molecule has 7 rings (SSSR count). The molecule has 0 unspecified atom stereocenters. The minimum absolute atomic E-state index is 0.211. The first-order valence-corrected chi connectivity index (χ1v) is 14.5. The van der Waals surface area contributed by atoms with Gasteiger partial charge in [0.2, 0.25) is 11.8 Å². The van der Waals surface area contributed by atoms with Crippen LogP contribution in [0.15, 0.2) is 54.7 Å². The molecule has 2 aromatic heterocycles. The van der Waals surface area contributed by atoms with Crippen LogP contribution >= 0.6 is 0 Å². The van der Waals surface area contributed by atoms with Gasteiger partial charge in [-0.05, 0) is 62.3 Å². The number of Topliss-reactive ketones (excluding diaryl/α,β-unsaturated/α-hetero) is 1. The van der Waals surface area contributed by atoms with Gasteiger partial charge in [0.1, 0.15) is 12.4 Å². The summed E-state index contributed by atoms with van der Waals surface area (Å²) in [6.45, 7) is 1.64. The van der Waals surface area contributed by atoms with Crippen molar-refractivity contribution in [3.05, 3.63) is 82.7 Å². The number of anilines is 1. The summed E-state index contributed by atoms with van der Waals surface area (Å²) >= 11 is 0. The van der Waals surface area contributed by atoms with E-state index in [1.54, 1.807) is 18.3 Å². The van der Waals surface area contributed by atoms with Crippen LogP contribution in [-0.2, 0) is 22.3 Å². The van der Waals surface area contributed by atoms with E-state index in [2.05, 4.69) is 15.3 Å². The van der Waals surface area contributed by atoms with Crippen LogP contribution < -0.4 is 10.1 Å². The molecule has 1 N–H and O–H groups in total. The topological polar surface area (TPSA) is 90.4 Å². The van der Waals surface area contributed by atoms with Crippen molar-refractivity contribution in [2.45, 2.75) is 64.1 Å². The Morgan fingerprint density at radius 2 is 1.76 bits per heavy atom. The third kappa shape index (κ3) is 5.78. The van der Waals surface area contributed by atoms with Gasteiger partial charge in [0.25, 0.3) is 0 Å². The number of benzene rings is 1. The van der Waals surface area contributed by atoms with Crippen molar-refractivity contribution in [3.63, 3.8) is 0 Å². The standard InChI is InChI=1S/C32H29F6N3O4/c1-18-23(31(33,34)35)12-22(26(42)29-15-30(16-29,17-29)32(36,37)38)27(40-18)41-28(43)20-9-10-44-24(11-20)21-7-8-25(39-13-21)45-14-19-5-3-2-4-6-19/h2-8,12-13,20,24H,9-11,14-17H2,1H3,(H,40,41,43)/t20-,24+,29?,30?/m0/s1. The molecule has 0 spiro atoms. The molecule has 4 fully saturated rings. The summed E-state index contributed by atoms with van der Waals surface area (Å²) in [6.07, 6.45) is -9.23. The van der Waals surface area contributed by atoms with Crippen LogP contribution in [0, 0.1) is 23.7 Å². The van der Waals surface area contributed by atoms with E-state index in [9.17, 15) is 35.9 Å². The number of nitrogens with one attached hydrogen (secondary N) is 1. The first-order chi connectivity index (χ1) is 21.2. The van der Waals surface area contributed by atoms with Crippen LogP contribution in [0.4, 0.5) is 32.2 Å². The number of alkyl halides is 6. The fraction of sp³-hybridized carbons (Fsp3) is 0.438. The Bertz CT molecular complexity index is 1590. The van der Waals surface area contributed by atoms with Crippen molar-refractivity contribution in [3.8, 4) is 5.88 Å². The van der Waals surface area contributed by atoms with Gasteiger partial charge in [-0.3, -0.25) is 9.59 Å². The van der Waals surface area contributed by atoms with Crippen molar-refractivity contribution in [2.75, 3.05) is 11.9 Å². The molecule has 3 saturated carbocycles. The van der Waals surface area contributed by atoms with Crippen molar-refractivity contribution >= 4 is 17.5 Å². The molecule has 4 aliphatic rings. The highest BCUT2D eigenvalue weighted by Gasteiger charge is 2.80. The van der Waals surface area contributed by atoms with Crippen molar-refractivity contribution in [1.29, 1.82) is 0 Å². The number of hydrogen-bond donors (Lipinski definition) is 1. The molecule has 1 aromatic carbocycles. The third-order valence-corrected chi connectivity index (χ3v) is 9.13. The number of aromatic nitrogens is 2. The van der Waals surface area contributed by atoms with Gasteiger partial charge in [-0.15, -0.1) is 0 Å². The molecule has 13 heteroatoms. The number of carbonyl (C=O) groups excluding carboxylic acids is 2. The van der Waals surface area contributed by atoms with Crippen LogP contribution in [0.1, 0.15) is 71.0 Å². The van der Waals surface area contributed by atoms with Crippen molar-refractivity contribution in [1.82, 2.24) is 9.97 Å². The molecule has 3 aromatic rings. The molecule has 1 saturated heterocycles. The molecule has 45 heavy (non-hydrogen) atoms. The van der Waals surface area contributed by atoms with Gasteiger partial charge in [-0.25, -0.2) is 9.97 Å². The molecule has 1 amide bonds. The quantitative estimate of drug-likeness (QED) is 0.205. The fourth-order valence-corrected chi connectivity index (χ4v) is 6.66. The van der Waals surface area contributed by atoms with Crippen molar-refractivity contribution in [2.24, 2.45) is 16.7 Å². The highest BCUT2D eigenvalue weighted by atomic mass is 19.4. The molecule has 238 valence electrons. The summed E-state index contributed by atoms with van der Waals surface area (Å²) in [7, 11) is 0. The predicted molar refractivity (Wildman–Crippen MR) is 148 cm³/mol. The van der Waals surface area contributed by atoms with Crippen molar-refractivity contribution < 1.29 is 45.4 Å². The zero-order valence-electron chi connectivity index (χ0n) is 24.1. The average molecular weight is 634 g/mol. The van der Waals surface area contributed by atoms with Gasteiger partial charge in [-0.1, -0.05) is 30.3 Å². The Morgan fingerprint density at radius 1 is 1.04 bits per heavy atom. The summed E-state index contributed by atoms with van der Waals surface area (Å²) in [5, 5.41) is 2.52. The number of nitrogens with zero attached hydrogens (tertiary/aromatic N) is 2. The average Bonchev–Trinajstić information content (AvgIpc) is 2.94. The predicted octanol–water partition coefficient (Wildman–Crippen LogP) is 7.40. The molecular weight excluding hydrogens is 604 g/mol. The number of hydrogen-bond acceptors (Lipinski definition) is 6. The number of halogens is 6. The van der Waals surface area contributed by atoms with Crippen LogP contribution in [0.3, 0.4) is 0 Å². The van der Waals surface area contributed by atoms with E-state index >= 15 is 0 Å². The smallest absolute Gasteiger partial charge is 0.418 e. The summed E-state index contributed by atoms with van der Waals surface area (Å²) in [5.41, 5.74) is -3.90. The van der Waals surface area contributed by atoms with E-state index in [0.29, 0.717) is 30.5 Å². The number of amides is 1. The lowest BCUT2D eigenvalue weighted by atomic mass is 9.33. The molecule has 7 nitrogen and oxygen atoms in total. The van der Waals surface area contributed by atoms with Crippen LogP contribution in [-0.4, -0.2) is 34.4 Å². The Labute approximate surface area is 254 Å². The Balaban J connectivity index is 1.16. The van der Waals surface area contributed by atoms with E-state index < -0.39 is 83.0 Å². The van der Waals surface area contributed by atoms with E-state index in [1.165, 1.54) is 0 Å². The van der Waals surface area contributed by atoms with Crippen LogP contribution in [0.25, 0.3) is 0 Å². The molecular formula is C32H29F6N3O4. The number of ether oxygens (including phenoxy) is 2. The summed E-state index contributed by atoms with van der Waals surface area (Å²) < 4.78 is 93.0. The van der Waals surface area contributed by atoms with Crippen LogP contribution in [0.2, 0.25) is 0 Å². The molecule has 3 heterocycles. The zero-order chi connectivity index (χ0) is 32.2. The SMILES string of the molecule is Cc1nc(NC(=O)[C@H]2CCO[C@@H](c3ccc(OCc4ccccc4)nc3)C2)c(C(=O)C23CC(C(F)(F)F)(C2)C3)cc1C(F)(F)F. The highest BCUT2D eigenvalue weighted by Crippen LogP contribution is 2.79. The van der Waals surface area contributed by atoms with E-state index in [0.717, 1.165) is 12.5 Å². The number of pyridine rings is 2. The summed E-state index contributed by atoms with van der Waals surface area (Å²) in [5.74, 6) is -2.07. The number of aryl methyl sites for hydroxylation is 1. The molecule has 3 aliphatic carbocycles. The van der Waals surface area contributed by atoms with Crippen LogP contribution in [0.5, 0.6) is 5.88 Å². The van der Waals surface area contributed by atoms with Gasteiger partial charge in [0.05, 0.1) is 28.3 Å². The zero-order valence-corrected chi connectivity index (χ0v) is 24.1. The van der Waals surface area contributed by atoms with E-state index in [-0.39, 0.29) is 18.8 Å².